The van der Waals surface area contributed by atoms with Crippen molar-refractivity contribution < 1.29 is 4.79 Å². The zero-order valence-corrected chi connectivity index (χ0v) is 17.8. The second kappa shape index (κ2) is 9.28. The molecule has 5 aromatic rings. The molecule has 0 aliphatic heterocycles. The first-order chi connectivity index (χ1) is 16.3. The Morgan fingerprint density at radius 1 is 0.879 bits per heavy atom. The molecule has 0 saturated heterocycles. The van der Waals surface area contributed by atoms with Gasteiger partial charge in [0.1, 0.15) is 5.52 Å². The number of aliphatic imine (C=N–C) groups is 1. The second-order valence-corrected chi connectivity index (χ2v) is 7.54. The normalized spacial score (nSPS) is 11.5. The van der Waals surface area contributed by atoms with Crippen LogP contribution < -0.4 is 5.32 Å². The molecule has 0 atom stereocenters. The number of carbonyl (C=O) groups is 1. The van der Waals surface area contributed by atoms with Crippen LogP contribution in [0.25, 0.3) is 16.7 Å². The van der Waals surface area contributed by atoms with Crippen molar-refractivity contribution in [2.75, 3.05) is 5.32 Å². The number of aromatic nitrogens is 3. The average Bonchev–Trinajstić information content (AvgIpc) is 3.30. The Hall–Kier alpha value is -4.58. The van der Waals surface area contributed by atoms with E-state index in [2.05, 4.69) is 33.8 Å². The first kappa shape index (κ1) is 20.3. The molecule has 1 amide bonds. The van der Waals surface area contributed by atoms with Crippen molar-refractivity contribution in [1.29, 1.82) is 0 Å². The van der Waals surface area contributed by atoms with Gasteiger partial charge in [-0.2, -0.15) is 0 Å². The maximum Gasteiger partial charge on any atom is 0.211 e. The van der Waals surface area contributed by atoms with E-state index in [4.69, 9.17) is 4.99 Å². The minimum absolute atomic E-state index is 0.637. The van der Waals surface area contributed by atoms with E-state index >= 15 is 0 Å². The molecule has 33 heavy (non-hydrogen) atoms. The zero-order valence-electron chi connectivity index (χ0n) is 17.8. The molecule has 0 unspecified atom stereocenters. The van der Waals surface area contributed by atoms with Gasteiger partial charge in [-0.15, -0.1) is 5.10 Å². The quantitative estimate of drug-likeness (QED) is 0.279. The summed E-state index contributed by atoms with van der Waals surface area (Å²) in [6, 6.07) is 33.7. The monoisotopic (exact) mass is 431 g/mol. The number of para-hydroxylation sites is 3. The Morgan fingerprint density at radius 2 is 1.67 bits per heavy atom. The Kier molecular flexibility index (Phi) is 5.72. The highest BCUT2D eigenvalue weighted by molar-refractivity contribution is 6.04. The fourth-order valence-corrected chi connectivity index (χ4v) is 3.77. The molecular formula is C27H21N5O. The third kappa shape index (κ3) is 4.41. The predicted molar refractivity (Wildman–Crippen MR) is 131 cm³/mol. The molecule has 6 nitrogen and oxygen atoms in total. The standard InChI is InChI=1S/C27H21N5O/c33-19-28-23-13-4-5-14-24(23)29-26(17-20-9-2-1-3-10-20)21-11-8-12-22(18-21)32-27-16-7-6-15-25(27)30-31-32/h1-16,18-19H,17H2,(H,28,33)/b29-26+. The molecule has 0 bridgehead atoms. The largest absolute Gasteiger partial charge is 0.327 e. The van der Waals surface area contributed by atoms with Crippen LogP contribution >= 0.6 is 0 Å². The van der Waals surface area contributed by atoms with Gasteiger partial charge in [-0.3, -0.25) is 9.79 Å². The Morgan fingerprint density at radius 3 is 2.55 bits per heavy atom. The number of hydrogen-bond acceptors (Lipinski definition) is 4. The van der Waals surface area contributed by atoms with Crippen molar-refractivity contribution in [3.8, 4) is 5.69 Å². The van der Waals surface area contributed by atoms with Crippen molar-refractivity contribution in [3.63, 3.8) is 0 Å². The van der Waals surface area contributed by atoms with Crippen LogP contribution in [0, 0.1) is 0 Å². The molecule has 0 radical (unpaired) electrons. The topological polar surface area (TPSA) is 72.2 Å². The molecular weight excluding hydrogens is 410 g/mol. The highest BCUT2D eigenvalue weighted by atomic mass is 16.1. The lowest BCUT2D eigenvalue weighted by Gasteiger charge is -2.12. The van der Waals surface area contributed by atoms with Gasteiger partial charge in [0.25, 0.3) is 0 Å². The molecule has 0 spiro atoms. The summed E-state index contributed by atoms with van der Waals surface area (Å²) < 4.78 is 1.83. The second-order valence-electron chi connectivity index (χ2n) is 7.54. The first-order valence-corrected chi connectivity index (χ1v) is 10.6. The van der Waals surface area contributed by atoms with Gasteiger partial charge in [-0.1, -0.05) is 71.9 Å². The van der Waals surface area contributed by atoms with E-state index in [0.29, 0.717) is 24.2 Å². The fourth-order valence-electron chi connectivity index (χ4n) is 3.77. The summed E-state index contributed by atoms with van der Waals surface area (Å²) in [5.41, 5.74) is 7.05. The van der Waals surface area contributed by atoms with E-state index < -0.39 is 0 Å². The van der Waals surface area contributed by atoms with Crippen LogP contribution in [0.15, 0.2) is 108 Å². The summed E-state index contributed by atoms with van der Waals surface area (Å²) >= 11 is 0. The number of fused-ring (bicyclic) bond motifs is 1. The summed E-state index contributed by atoms with van der Waals surface area (Å²) in [6.45, 7) is 0. The van der Waals surface area contributed by atoms with E-state index in [1.54, 1.807) is 0 Å². The highest BCUT2D eigenvalue weighted by Crippen LogP contribution is 2.26. The molecule has 5 rings (SSSR count). The Bertz CT molecular complexity index is 1440. The van der Waals surface area contributed by atoms with Crippen molar-refractivity contribution in [2.45, 2.75) is 6.42 Å². The number of benzene rings is 4. The molecule has 0 aliphatic rings. The molecule has 0 saturated carbocycles. The van der Waals surface area contributed by atoms with Crippen molar-refractivity contribution >= 4 is 34.5 Å². The molecule has 0 fully saturated rings. The zero-order chi connectivity index (χ0) is 22.5. The number of hydrogen-bond donors (Lipinski definition) is 1. The molecule has 1 aromatic heterocycles. The first-order valence-electron chi connectivity index (χ1n) is 10.6. The smallest absolute Gasteiger partial charge is 0.211 e. The van der Waals surface area contributed by atoms with Gasteiger partial charge in [0.05, 0.1) is 28.3 Å². The van der Waals surface area contributed by atoms with Crippen LogP contribution in [0.1, 0.15) is 11.1 Å². The number of nitrogens with zero attached hydrogens (tertiary/aromatic N) is 4. The third-order valence-corrected chi connectivity index (χ3v) is 5.36. The van der Waals surface area contributed by atoms with Gasteiger partial charge < -0.3 is 5.32 Å². The van der Waals surface area contributed by atoms with Gasteiger partial charge in [-0.05, 0) is 47.5 Å². The molecule has 1 heterocycles. The van der Waals surface area contributed by atoms with Gasteiger partial charge in [0.15, 0.2) is 0 Å². The van der Waals surface area contributed by atoms with E-state index in [-0.39, 0.29) is 0 Å². The fraction of sp³-hybridized carbons (Fsp3) is 0.0370. The summed E-state index contributed by atoms with van der Waals surface area (Å²) in [5.74, 6) is 0. The van der Waals surface area contributed by atoms with Crippen LogP contribution in [-0.4, -0.2) is 27.1 Å². The predicted octanol–water partition coefficient (Wildman–Crippen LogP) is 5.35. The lowest BCUT2D eigenvalue weighted by molar-refractivity contribution is -0.105. The number of carbonyl (C=O) groups excluding carboxylic acids is 1. The summed E-state index contributed by atoms with van der Waals surface area (Å²) in [6.07, 6.45) is 1.31. The number of amides is 1. The molecule has 160 valence electrons. The van der Waals surface area contributed by atoms with Gasteiger partial charge >= 0.3 is 0 Å². The molecule has 6 heteroatoms. The minimum atomic E-state index is 0.637. The lowest BCUT2D eigenvalue weighted by Crippen LogP contribution is -2.07. The Labute approximate surface area is 191 Å². The van der Waals surface area contributed by atoms with Crippen LogP contribution in [0.3, 0.4) is 0 Å². The van der Waals surface area contributed by atoms with E-state index in [1.165, 1.54) is 0 Å². The average molecular weight is 431 g/mol. The van der Waals surface area contributed by atoms with Crippen molar-refractivity contribution in [1.82, 2.24) is 15.0 Å². The maximum atomic E-state index is 11.1. The van der Waals surface area contributed by atoms with Gasteiger partial charge in [0, 0.05) is 6.42 Å². The van der Waals surface area contributed by atoms with Crippen LogP contribution in [0.4, 0.5) is 11.4 Å². The number of nitrogens with one attached hydrogen (secondary N) is 1. The van der Waals surface area contributed by atoms with E-state index in [9.17, 15) is 4.79 Å². The van der Waals surface area contributed by atoms with Gasteiger partial charge in [0.2, 0.25) is 6.41 Å². The number of anilines is 1. The number of rotatable bonds is 7. The SMILES string of the molecule is O=CNc1ccccc1/N=C(\Cc1ccccc1)c1cccc(-n2nnc3ccccc32)c1. The summed E-state index contributed by atoms with van der Waals surface area (Å²) in [4.78, 5) is 16.1. The lowest BCUT2D eigenvalue weighted by atomic mass is 10.0. The highest BCUT2D eigenvalue weighted by Gasteiger charge is 2.11. The Balaban J connectivity index is 1.61. The van der Waals surface area contributed by atoms with Crippen LogP contribution in [-0.2, 0) is 11.2 Å². The van der Waals surface area contributed by atoms with Crippen molar-refractivity contribution in [3.05, 3.63) is 114 Å². The molecule has 0 aliphatic carbocycles. The molecule has 4 aromatic carbocycles. The van der Waals surface area contributed by atoms with Crippen molar-refractivity contribution in [2.24, 2.45) is 4.99 Å². The van der Waals surface area contributed by atoms with E-state index in [1.807, 2.05) is 89.6 Å². The van der Waals surface area contributed by atoms with Crippen LogP contribution in [0.2, 0.25) is 0 Å². The molecule has 1 N–H and O–H groups in total. The summed E-state index contributed by atoms with van der Waals surface area (Å²) in [5, 5.41) is 11.4. The maximum absolute atomic E-state index is 11.1. The summed E-state index contributed by atoms with van der Waals surface area (Å²) in [7, 11) is 0. The minimum Gasteiger partial charge on any atom is -0.327 e. The third-order valence-electron chi connectivity index (χ3n) is 5.36. The van der Waals surface area contributed by atoms with Gasteiger partial charge in [-0.25, -0.2) is 4.68 Å². The van der Waals surface area contributed by atoms with Crippen LogP contribution in [0.5, 0.6) is 0 Å². The van der Waals surface area contributed by atoms with E-state index in [0.717, 1.165) is 33.6 Å².